The molecule has 1 N–H and O–H groups in total. The van der Waals surface area contributed by atoms with Crippen molar-refractivity contribution >= 4 is 23.2 Å². The number of para-hydroxylation sites is 1. The zero-order valence-corrected chi connectivity index (χ0v) is 15.1. The first-order valence-corrected chi connectivity index (χ1v) is 8.13. The summed E-state index contributed by atoms with van der Waals surface area (Å²) in [6.07, 6.45) is 0. The van der Waals surface area contributed by atoms with E-state index in [0.29, 0.717) is 49.7 Å². The molecule has 5 nitrogen and oxygen atoms in total. The molecule has 0 aliphatic rings. The third-order valence-corrected chi connectivity index (χ3v) is 4.42. The van der Waals surface area contributed by atoms with Crippen molar-refractivity contribution in [1.82, 2.24) is 5.16 Å². The van der Waals surface area contributed by atoms with Crippen LogP contribution in [0.2, 0.25) is 10.0 Å². The van der Waals surface area contributed by atoms with Crippen LogP contribution >= 0.6 is 23.2 Å². The number of ether oxygens (including phenoxy) is 2. The summed E-state index contributed by atoms with van der Waals surface area (Å²) in [7, 11) is 3.08. The van der Waals surface area contributed by atoms with Crippen LogP contribution in [-0.2, 0) is 6.61 Å². The molecule has 0 radical (unpaired) electrons. The molecule has 0 spiro atoms. The summed E-state index contributed by atoms with van der Waals surface area (Å²) < 4.78 is 16.3. The van der Waals surface area contributed by atoms with Gasteiger partial charge in [0, 0.05) is 5.56 Å². The minimum atomic E-state index is -0.309. The van der Waals surface area contributed by atoms with Gasteiger partial charge in [-0.3, -0.25) is 0 Å². The van der Waals surface area contributed by atoms with Gasteiger partial charge in [-0.25, -0.2) is 0 Å². The number of benzene rings is 2. The Kier molecular flexibility index (Phi) is 5.18. The van der Waals surface area contributed by atoms with Gasteiger partial charge in [-0.05, 0) is 24.3 Å². The van der Waals surface area contributed by atoms with Gasteiger partial charge >= 0.3 is 0 Å². The Bertz CT molecular complexity index is 888. The summed E-state index contributed by atoms with van der Waals surface area (Å²) in [5, 5.41) is 14.8. The van der Waals surface area contributed by atoms with Crippen molar-refractivity contribution in [2.24, 2.45) is 0 Å². The van der Waals surface area contributed by atoms with E-state index in [1.54, 1.807) is 43.5 Å². The molecule has 3 rings (SSSR count). The zero-order valence-electron chi connectivity index (χ0n) is 13.5. The van der Waals surface area contributed by atoms with Gasteiger partial charge in [0.2, 0.25) is 0 Å². The maximum absolute atomic E-state index is 9.92. The number of hydrogen-bond donors (Lipinski definition) is 1. The number of hydrogen-bond acceptors (Lipinski definition) is 5. The van der Waals surface area contributed by atoms with Gasteiger partial charge in [-0.15, -0.1) is 0 Å². The van der Waals surface area contributed by atoms with E-state index in [2.05, 4.69) is 5.16 Å². The Morgan fingerprint density at radius 2 is 1.72 bits per heavy atom. The number of aliphatic hydroxyl groups is 1. The van der Waals surface area contributed by atoms with Gasteiger partial charge in [0.15, 0.2) is 17.3 Å². The predicted molar refractivity (Wildman–Crippen MR) is 96.4 cm³/mol. The molecule has 3 aromatic rings. The first-order valence-electron chi connectivity index (χ1n) is 7.37. The topological polar surface area (TPSA) is 64.7 Å². The lowest BCUT2D eigenvalue weighted by Crippen LogP contribution is -1.95. The smallest absolute Gasteiger partial charge is 0.176 e. The first kappa shape index (κ1) is 17.6. The quantitative estimate of drug-likeness (QED) is 0.687. The van der Waals surface area contributed by atoms with Crippen LogP contribution in [0, 0.1) is 0 Å². The number of halogens is 2. The SMILES string of the molecule is COc1cccc(-c2onc(-c3c(Cl)cccc3Cl)c2CO)c1OC. The largest absolute Gasteiger partial charge is 0.493 e. The summed E-state index contributed by atoms with van der Waals surface area (Å²) in [6.45, 7) is -0.309. The standard InChI is InChI=1S/C18H15Cl2NO4/c1-23-14-8-3-5-10(18(14)24-2)17-11(9-22)16(21-25-17)15-12(19)6-4-7-13(15)20/h3-8,22H,9H2,1-2H3. The highest BCUT2D eigenvalue weighted by Crippen LogP contribution is 2.43. The Labute approximate surface area is 154 Å². The third-order valence-electron chi connectivity index (χ3n) is 3.79. The Morgan fingerprint density at radius 1 is 1.04 bits per heavy atom. The molecule has 0 atom stereocenters. The van der Waals surface area contributed by atoms with Gasteiger partial charge in [-0.1, -0.05) is 40.5 Å². The van der Waals surface area contributed by atoms with Crippen molar-refractivity contribution in [3.05, 3.63) is 52.0 Å². The normalized spacial score (nSPS) is 10.8. The molecule has 0 bridgehead atoms. The molecule has 1 aromatic heterocycles. The fourth-order valence-corrected chi connectivity index (χ4v) is 3.23. The van der Waals surface area contributed by atoms with E-state index >= 15 is 0 Å². The molecule has 0 aliphatic heterocycles. The molecule has 0 saturated heterocycles. The fraction of sp³-hybridized carbons (Fsp3) is 0.167. The molecule has 2 aromatic carbocycles. The summed E-state index contributed by atoms with van der Waals surface area (Å²) in [6, 6.07) is 10.5. The maximum Gasteiger partial charge on any atom is 0.176 e. The van der Waals surface area contributed by atoms with E-state index < -0.39 is 0 Å². The van der Waals surface area contributed by atoms with E-state index in [-0.39, 0.29) is 6.61 Å². The first-order chi connectivity index (χ1) is 12.1. The molecule has 0 saturated carbocycles. The van der Waals surface area contributed by atoms with Crippen LogP contribution in [0.1, 0.15) is 5.56 Å². The van der Waals surface area contributed by atoms with Crippen molar-refractivity contribution < 1.29 is 19.1 Å². The fourth-order valence-electron chi connectivity index (χ4n) is 2.65. The number of nitrogens with zero attached hydrogens (tertiary/aromatic N) is 1. The molecule has 1 heterocycles. The minimum absolute atomic E-state index is 0.309. The molecular weight excluding hydrogens is 365 g/mol. The van der Waals surface area contributed by atoms with E-state index in [1.165, 1.54) is 7.11 Å². The summed E-state index contributed by atoms with van der Waals surface area (Å²) in [5.74, 6) is 1.38. The van der Waals surface area contributed by atoms with Crippen molar-refractivity contribution in [1.29, 1.82) is 0 Å². The molecule has 0 amide bonds. The van der Waals surface area contributed by atoms with Crippen LogP contribution in [0.15, 0.2) is 40.9 Å². The second-order valence-electron chi connectivity index (χ2n) is 5.13. The minimum Gasteiger partial charge on any atom is -0.493 e. The molecular formula is C18H15Cl2NO4. The highest BCUT2D eigenvalue weighted by molar-refractivity contribution is 6.39. The van der Waals surface area contributed by atoms with Crippen LogP contribution in [0.25, 0.3) is 22.6 Å². The van der Waals surface area contributed by atoms with Crippen LogP contribution in [0.5, 0.6) is 11.5 Å². The highest BCUT2D eigenvalue weighted by atomic mass is 35.5. The van der Waals surface area contributed by atoms with Crippen molar-refractivity contribution in [2.45, 2.75) is 6.61 Å². The van der Waals surface area contributed by atoms with E-state index in [9.17, 15) is 5.11 Å². The second-order valence-corrected chi connectivity index (χ2v) is 5.95. The van der Waals surface area contributed by atoms with Crippen molar-refractivity contribution in [3.63, 3.8) is 0 Å². The monoisotopic (exact) mass is 379 g/mol. The highest BCUT2D eigenvalue weighted by Gasteiger charge is 2.25. The second kappa shape index (κ2) is 7.35. The lowest BCUT2D eigenvalue weighted by atomic mass is 10.0. The van der Waals surface area contributed by atoms with Crippen LogP contribution in [-0.4, -0.2) is 24.5 Å². The molecule has 0 unspecified atom stereocenters. The maximum atomic E-state index is 9.92. The predicted octanol–water partition coefficient (Wildman–Crippen LogP) is 4.82. The molecule has 0 aliphatic carbocycles. The number of rotatable bonds is 5. The number of aliphatic hydroxyl groups excluding tert-OH is 1. The third kappa shape index (κ3) is 3.06. The van der Waals surface area contributed by atoms with Gasteiger partial charge in [0.1, 0.15) is 5.69 Å². The molecule has 25 heavy (non-hydrogen) atoms. The van der Waals surface area contributed by atoms with Gasteiger partial charge in [0.25, 0.3) is 0 Å². The van der Waals surface area contributed by atoms with Crippen molar-refractivity contribution in [2.75, 3.05) is 14.2 Å². The van der Waals surface area contributed by atoms with Gasteiger partial charge < -0.3 is 19.1 Å². The van der Waals surface area contributed by atoms with E-state index in [4.69, 9.17) is 37.2 Å². The van der Waals surface area contributed by atoms with Gasteiger partial charge in [-0.2, -0.15) is 0 Å². The van der Waals surface area contributed by atoms with Crippen LogP contribution in [0.4, 0.5) is 0 Å². The number of methoxy groups -OCH3 is 2. The van der Waals surface area contributed by atoms with E-state index in [1.807, 2.05) is 0 Å². The lowest BCUT2D eigenvalue weighted by molar-refractivity contribution is 0.281. The average Bonchev–Trinajstić information content (AvgIpc) is 3.04. The average molecular weight is 380 g/mol. The summed E-state index contributed by atoms with van der Waals surface area (Å²) in [4.78, 5) is 0. The van der Waals surface area contributed by atoms with Crippen LogP contribution in [0.3, 0.4) is 0 Å². The lowest BCUT2D eigenvalue weighted by Gasteiger charge is -2.11. The Balaban J connectivity index is 2.24. The van der Waals surface area contributed by atoms with Crippen molar-refractivity contribution in [3.8, 4) is 34.1 Å². The zero-order chi connectivity index (χ0) is 18.0. The summed E-state index contributed by atoms with van der Waals surface area (Å²) >= 11 is 12.5. The van der Waals surface area contributed by atoms with E-state index in [0.717, 1.165) is 0 Å². The van der Waals surface area contributed by atoms with Gasteiger partial charge in [0.05, 0.1) is 42.0 Å². The Morgan fingerprint density at radius 3 is 2.32 bits per heavy atom. The summed E-state index contributed by atoms with van der Waals surface area (Å²) in [5.41, 5.74) is 1.96. The molecule has 0 fully saturated rings. The molecule has 7 heteroatoms. The molecule has 130 valence electrons. The Hall–Kier alpha value is -2.21. The number of aromatic nitrogens is 1. The van der Waals surface area contributed by atoms with Crippen LogP contribution < -0.4 is 9.47 Å².